The Labute approximate surface area is 248 Å². The molecule has 6 aromatic carbocycles. The predicted molar refractivity (Wildman–Crippen MR) is 181 cm³/mol. The molecule has 0 aliphatic carbocycles. The van der Waals surface area contributed by atoms with Gasteiger partial charge in [-0.25, -0.2) is 0 Å². The first-order valence-electron chi connectivity index (χ1n) is 14.1. The van der Waals surface area contributed by atoms with Crippen LogP contribution in [0.4, 0.5) is 34.1 Å². The van der Waals surface area contributed by atoms with Crippen molar-refractivity contribution in [1.82, 2.24) is 0 Å². The maximum Gasteiger partial charge on any atom is 0.0467 e. The van der Waals surface area contributed by atoms with Gasteiger partial charge in [0, 0.05) is 34.1 Å². The van der Waals surface area contributed by atoms with E-state index >= 15 is 0 Å². The average Bonchev–Trinajstić information content (AvgIpc) is 3.07. The molecule has 0 aromatic heterocycles. The van der Waals surface area contributed by atoms with E-state index in [1.807, 2.05) is 24.3 Å². The van der Waals surface area contributed by atoms with Gasteiger partial charge in [0.25, 0.3) is 0 Å². The lowest BCUT2D eigenvalue weighted by Crippen LogP contribution is -2.10. The molecular formula is C40H32N2. The largest absolute Gasteiger partial charge is 0.310 e. The molecule has 0 radical (unpaired) electrons. The molecule has 42 heavy (non-hydrogen) atoms. The van der Waals surface area contributed by atoms with Crippen LogP contribution < -0.4 is 9.80 Å². The summed E-state index contributed by atoms with van der Waals surface area (Å²) in [4.78, 5) is 4.55. The average molecular weight is 541 g/mol. The van der Waals surface area contributed by atoms with Crippen molar-refractivity contribution in [3.63, 3.8) is 0 Å². The molecule has 0 amide bonds. The summed E-state index contributed by atoms with van der Waals surface area (Å²) in [6.45, 7) is 7.91. The molecule has 0 unspecified atom stereocenters. The summed E-state index contributed by atoms with van der Waals surface area (Å²) in [6, 6.07) is 55.3. The van der Waals surface area contributed by atoms with Gasteiger partial charge in [-0.05, 0) is 95.1 Å². The molecule has 0 fully saturated rings. The molecule has 0 aliphatic heterocycles. The van der Waals surface area contributed by atoms with Crippen LogP contribution in [0, 0.1) is 0 Å². The Hall–Kier alpha value is -5.60. The minimum atomic E-state index is 1.09. The van der Waals surface area contributed by atoms with E-state index in [-0.39, 0.29) is 0 Å². The Kier molecular flexibility index (Phi) is 7.78. The van der Waals surface area contributed by atoms with E-state index in [4.69, 9.17) is 0 Å². The maximum absolute atomic E-state index is 3.96. The SMILES string of the molecule is C=Cc1cccc(N(c2ccccc2)c2ccc(-c3ccc(N(c4ccccc4)c4cccc(C=C)c4)cc3)cc2)c1. The van der Waals surface area contributed by atoms with Crippen molar-refractivity contribution in [2.45, 2.75) is 0 Å². The topological polar surface area (TPSA) is 6.48 Å². The van der Waals surface area contributed by atoms with E-state index in [0.717, 1.165) is 56.4 Å². The molecule has 2 nitrogen and oxygen atoms in total. The molecule has 0 bridgehead atoms. The van der Waals surface area contributed by atoms with E-state index < -0.39 is 0 Å². The Balaban J connectivity index is 1.33. The summed E-state index contributed by atoms with van der Waals surface area (Å²) < 4.78 is 0. The number of rotatable bonds is 9. The minimum Gasteiger partial charge on any atom is -0.310 e. The number of benzene rings is 6. The first-order chi connectivity index (χ1) is 20.7. The van der Waals surface area contributed by atoms with Crippen LogP contribution in [0.5, 0.6) is 0 Å². The lowest BCUT2D eigenvalue weighted by atomic mass is 10.0. The molecule has 0 aliphatic rings. The highest BCUT2D eigenvalue weighted by atomic mass is 15.1. The molecule has 0 heterocycles. The summed E-state index contributed by atoms with van der Waals surface area (Å²) in [6.07, 6.45) is 3.77. The van der Waals surface area contributed by atoms with Crippen LogP contribution in [0.15, 0.2) is 171 Å². The highest BCUT2D eigenvalue weighted by Crippen LogP contribution is 2.38. The summed E-state index contributed by atoms with van der Waals surface area (Å²) in [5.74, 6) is 0. The van der Waals surface area contributed by atoms with Crippen molar-refractivity contribution in [2.24, 2.45) is 0 Å². The second-order valence-electron chi connectivity index (χ2n) is 10.0. The second-order valence-corrected chi connectivity index (χ2v) is 10.0. The molecule has 0 atom stereocenters. The Morgan fingerprint density at radius 2 is 0.667 bits per heavy atom. The standard InChI is InChI=1S/C40H32N2/c1-3-31-13-11-19-39(29-31)41(35-15-7-5-8-16-35)37-25-21-33(22-26-37)34-23-27-38(28-24-34)42(36-17-9-6-10-18-36)40-20-12-14-32(4-2)30-40/h3-30H,1-2H2. The first kappa shape index (κ1) is 26.6. The van der Waals surface area contributed by atoms with E-state index in [1.165, 1.54) is 0 Å². The van der Waals surface area contributed by atoms with Crippen molar-refractivity contribution in [3.8, 4) is 11.1 Å². The Bertz CT molecular complexity index is 1650. The zero-order valence-corrected chi connectivity index (χ0v) is 23.5. The van der Waals surface area contributed by atoms with E-state index in [0.29, 0.717) is 0 Å². The van der Waals surface area contributed by atoms with Crippen LogP contribution in [0.1, 0.15) is 11.1 Å². The minimum absolute atomic E-state index is 1.09. The zero-order chi connectivity index (χ0) is 28.7. The van der Waals surface area contributed by atoms with E-state index in [9.17, 15) is 0 Å². The van der Waals surface area contributed by atoms with E-state index in [2.05, 4.69) is 169 Å². The fourth-order valence-electron chi connectivity index (χ4n) is 5.24. The van der Waals surface area contributed by atoms with Crippen LogP contribution in [-0.2, 0) is 0 Å². The van der Waals surface area contributed by atoms with Crippen LogP contribution >= 0.6 is 0 Å². The molecule has 6 aromatic rings. The number of para-hydroxylation sites is 2. The number of hydrogen-bond donors (Lipinski definition) is 0. The molecule has 0 saturated heterocycles. The fourth-order valence-corrected chi connectivity index (χ4v) is 5.24. The summed E-state index contributed by atoms with van der Waals surface area (Å²) in [7, 11) is 0. The van der Waals surface area contributed by atoms with Gasteiger partial charge in [0.05, 0.1) is 0 Å². The van der Waals surface area contributed by atoms with Gasteiger partial charge in [-0.15, -0.1) is 0 Å². The summed E-state index contributed by atoms with van der Waals surface area (Å²) >= 11 is 0. The number of hydrogen-bond acceptors (Lipinski definition) is 2. The highest BCUT2D eigenvalue weighted by Gasteiger charge is 2.14. The first-order valence-corrected chi connectivity index (χ1v) is 14.1. The highest BCUT2D eigenvalue weighted by molar-refractivity contribution is 5.81. The Morgan fingerprint density at radius 1 is 0.333 bits per heavy atom. The molecule has 0 spiro atoms. The third kappa shape index (κ3) is 5.65. The van der Waals surface area contributed by atoms with Gasteiger partial charge in [-0.3, -0.25) is 0 Å². The Morgan fingerprint density at radius 3 is 1.02 bits per heavy atom. The van der Waals surface area contributed by atoms with Gasteiger partial charge in [-0.2, -0.15) is 0 Å². The zero-order valence-electron chi connectivity index (χ0n) is 23.5. The van der Waals surface area contributed by atoms with Crippen LogP contribution in [0.2, 0.25) is 0 Å². The van der Waals surface area contributed by atoms with Crippen molar-refractivity contribution >= 4 is 46.3 Å². The summed E-state index contributed by atoms with van der Waals surface area (Å²) in [5, 5.41) is 0. The molecule has 6 rings (SSSR count). The fraction of sp³-hybridized carbons (Fsp3) is 0. The van der Waals surface area contributed by atoms with Crippen molar-refractivity contribution in [2.75, 3.05) is 9.80 Å². The van der Waals surface area contributed by atoms with Gasteiger partial charge in [0.1, 0.15) is 0 Å². The smallest absolute Gasteiger partial charge is 0.0467 e. The quantitative estimate of drug-likeness (QED) is 0.180. The van der Waals surface area contributed by atoms with Crippen LogP contribution in [-0.4, -0.2) is 0 Å². The molecule has 0 saturated carbocycles. The lowest BCUT2D eigenvalue weighted by Gasteiger charge is -2.26. The van der Waals surface area contributed by atoms with Gasteiger partial charge in [0.15, 0.2) is 0 Å². The van der Waals surface area contributed by atoms with Crippen LogP contribution in [0.25, 0.3) is 23.3 Å². The molecule has 202 valence electrons. The van der Waals surface area contributed by atoms with Crippen molar-refractivity contribution in [3.05, 3.63) is 182 Å². The molecular weight excluding hydrogens is 508 g/mol. The van der Waals surface area contributed by atoms with Crippen molar-refractivity contribution in [1.29, 1.82) is 0 Å². The predicted octanol–water partition coefficient (Wildman–Crippen LogP) is 11.6. The molecule has 2 heteroatoms. The van der Waals surface area contributed by atoms with Gasteiger partial charge in [-0.1, -0.05) is 110 Å². The van der Waals surface area contributed by atoms with Gasteiger partial charge < -0.3 is 9.80 Å². The monoisotopic (exact) mass is 540 g/mol. The van der Waals surface area contributed by atoms with Crippen molar-refractivity contribution < 1.29 is 0 Å². The molecule has 0 N–H and O–H groups in total. The third-order valence-electron chi connectivity index (χ3n) is 7.34. The normalized spacial score (nSPS) is 10.6. The number of anilines is 6. The lowest BCUT2D eigenvalue weighted by molar-refractivity contribution is 1.28. The van der Waals surface area contributed by atoms with Gasteiger partial charge in [0.2, 0.25) is 0 Å². The van der Waals surface area contributed by atoms with Gasteiger partial charge >= 0.3 is 0 Å². The number of nitrogens with zero attached hydrogens (tertiary/aromatic N) is 2. The second kappa shape index (κ2) is 12.3. The van der Waals surface area contributed by atoms with Crippen LogP contribution in [0.3, 0.4) is 0 Å². The third-order valence-corrected chi connectivity index (χ3v) is 7.34. The maximum atomic E-state index is 3.96. The summed E-state index contributed by atoms with van der Waals surface area (Å²) in [5.41, 5.74) is 11.1. The van der Waals surface area contributed by atoms with E-state index in [1.54, 1.807) is 0 Å².